The lowest BCUT2D eigenvalue weighted by Gasteiger charge is -1.90. The molecule has 1 aromatic heterocycles. The van der Waals surface area contributed by atoms with E-state index >= 15 is 0 Å². The minimum atomic E-state index is 0. The maximum atomic E-state index is 8.28. The zero-order valence-corrected chi connectivity index (χ0v) is 8.31. The van der Waals surface area contributed by atoms with Crippen LogP contribution < -0.4 is 0 Å². The molecule has 0 radical (unpaired) electrons. The molecule has 0 spiro atoms. The molecule has 0 atom stereocenters. The van der Waals surface area contributed by atoms with Crippen molar-refractivity contribution < 1.29 is 0 Å². The molecule has 58 valence electrons. The van der Waals surface area contributed by atoms with Gasteiger partial charge in [-0.3, -0.25) is 0 Å². The quantitative estimate of drug-likeness (QED) is 0.668. The second-order valence-corrected chi connectivity index (χ2v) is 2.21. The highest BCUT2D eigenvalue weighted by Gasteiger charge is 1.99. The molecule has 3 nitrogen and oxygen atoms in total. The third-order valence-corrected chi connectivity index (χ3v) is 1.46. The van der Waals surface area contributed by atoms with Gasteiger partial charge in [-0.2, -0.15) is 5.26 Å². The summed E-state index contributed by atoms with van der Waals surface area (Å²) in [7, 11) is 0. The molecule has 0 unspecified atom stereocenters. The standard InChI is InChI=1S/C5HCl2N3.BrH/c6-3-2-9-4(1-8)10-5(3)7;/h2H;1H. The van der Waals surface area contributed by atoms with Gasteiger partial charge in [0.1, 0.15) is 6.07 Å². The Morgan fingerprint density at radius 1 is 1.45 bits per heavy atom. The number of nitrogens with zero attached hydrogens (tertiary/aromatic N) is 3. The van der Waals surface area contributed by atoms with Crippen LogP contribution in [-0.4, -0.2) is 9.97 Å². The van der Waals surface area contributed by atoms with Gasteiger partial charge in [0.2, 0.25) is 5.82 Å². The van der Waals surface area contributed by atoms with E-state index in [2.05, 4.69) is 9.97 Å². The van der Waals surface area contributed by atoms with Gasteiger partial charge in [0.25, 0.3) is 0 Å². The fourth-order valence-electron chi connectivity index (χ4n) is 0.400. The van der Waals surface area contributed by atoms with E-state index in [0.717, 1.165) is 0 Å². The van der Waals surface area contributed by atoms with Crippen LogP contribution in [0.2, 0.25) is 10.2 Å². The smallest absolute Gasteiger partial charge is 0.226 e. The predicted octanol–water partition coefficient (Wildman–Crippen LogP) is 2.23. The van der Waals surface area contributed by atoms with Gasteiger partial charge in [-0.15, -0.1) is 17.0 Å². The average Bonchev–Trinajstić information content (AvgIpc) is 1.95. The summed E-state index contributed by atoms with van der Waals surface area (Å²) >= 11 is 10.9. The third-order valence-electron chi connectivity index (χ3n) is 0.801. The molecule has 1 rings (SSSR count). The molecule has 0 aliphatic rings. The van der Waals surface area contributed by atoms with E-state index in [4.69, 9.17) is 28.5 Å². The molecule has 11 heavy (non-hydrogen) atoms. The van der Waals surface area contributed by atoms with E-state index in [1.54, 1.807) is 6.07 Å². The van der Waals surface area contributed by atoms with Crippen LogP contribution in [0.1, 0.15) is 5.82 Å². The molecule has 0 fully saturated rings. The van der Waals surface area contributed by atoms with Crippen molar-refractivity contribution in [2.75, 3.05) is 0 Å². The van der Waals surface area contributed by atoms with Crippen molar-refractivity contribution >= 4 is 40.2 Å². The summed E-state index contributed by atoms with van der Waals surface area (Å²) in [5.41, 5.74) is 0. The molecule has 0 saturated heterocycles. The molecule has 0 aromatic carbocycles. The highest BCUT2D eigenvalue weighted by Crippen LogP contribution is 2.16. The topological polar surface area (TPSA) is 49.6 Å². The Hall–Kier alpha value is -0.370. The fourth-order valence-corrected chi connectivity index (χ4v) is 0.620. The molecule has 0 saturated carbocycles. The number of nitriles is 1. The number of rotatable bonds is 0. The van der Waals surface area contributed by atoms with Gasteiger partial charge in [0.05, 0.1) is 11.2 Å². The first-order valence-corrected chi connectivity index (χ1v) is 3.08. The monoisotopic (exact) mass is 253 g/mol. The molecule has 0 amide bonds. The van der Waals surface area contributed by atoms with Gasteiger partial charge in [-0.05, 0) is 0 Å². The van der Waals surface area contributed by atoms with Crippen LogP contribution in [0.25, 0.3) is 0 Å². The number of halogens is 3. The van der Waals surface area contributed by atoms with E-state index in [0.29, 0.717) is 0 Å². The maximum Gasteiger partial charge on any atom is 0.233 e. The highest BCUT2D eigenvalue weighted by atomic mass is 79.9. The van der Waals surface area contributed by atoms with Crippen LogP contribution in [0.15, 0.2) is 6.20 Å². The molecule has 1 heterocycles. The van der Waals surface area contributed by atoms with Crippen molar-refractivity contribution in [1.29, 1.82) is 5.26 Å². The van der Waals surface area contributed by atoms with Crippen LogP contribution in [0, 0.1) is 11.3 Å². The van der Waals surface area contributed by atoms with Crippen molar-refractivity contribution in [2.45, 2.75) is 0 Å². The average molecular weight is 255 g/mol. The van der Waals surface area contributed by atoms with Crippen LogP contribution in [0.4, 0.5) is 0 Å². The Morgan fingerprint density at radius 2 is 2.09 bits per heavy atom. The van der Waals surface area contributed by atoms with E-state index < -0.39 is 0 Å². The summed E-state index contributed by atoms with van der Waals surface area (Å²) in [6, 6.07) is 1.73. The van der Waals surface area contributed by atoms with Crippen molar-refractivity contribution in [3.8, 4) is 6.07 Å². The highest BCUT2D eigenvalue weighted by molar-refractivity contribution is 8.93. The van der Waals surface area contributed by atoms with Gasteiger partial charge >= 0.3 is 0 Å². The summed E-state index contributed by atoms with van der Waals surface area (Å²) in [6.45, 7) is 0. The van der Waals surface area contributed by atoms with E-state index in [9.17, 15) is 0 Å². The Bertz CT molecular complexity index is 296. The van der Waals surface area contributed by atoms with E-state index in [1.165, 1.54) is 6.20 Å². The molecular formula is C5H2BrCl2N3. The van der Waals surface area contributed by atoms with Crippen molar-refractivity contribution in [3.63, 3.8) is 0 Å². The van der Waals surface area contributed by atoms with Gasteiger partial charge in [0.15, 0.2) is 5.15 Å². The Balaban J connectivity index is 0.000001000. The molecule has 0 aliphatic heterocycles. The second kappa shape index (κ2) is 4.50. The SMILES string of the molecule is Br.N#Cc1ncc(Cl)c(Cl)n1. The first-order valence-electron chi connectivity index (χ1n) is 2.32. The summed E-state index contributed by atoms with van der Waals surface area (Å²) < 4.78 is 0. The minimum Gasteiger partial charge on any atom is -0.226 e. The molecule has 0 bridgehead atoms. The molecule has 6 heteroatoms. The fraction of sp³-hybridized carbons (Fsp3) is 0. The maximum absolute atomic E-state index is 8.28. The lowest BCUT2D eigenvalue weighted by molar-refractivity contribution is 1.11. The van der Waals surface area contributed by atoms with E-state index in [1.807, 2.05) is 0 Å². The lowest BCUT2D eigenvalue weighted by atomic mass is 10.6. The van der Waals surface area contributed by atoms with Crippen molar-refractivity contribution in [2.24, 2.45) is 0 Å². The Labute approximate surface area is 83.7 Å². The third kappa shape index (κ3) is 2.62. The minimum absolute atomic E-state index is 0. The molecule has 0 N–H and O–H groups in total. The van der Waals surface area contributed by atoms with Crippen LogP contribution in [0.3, 0.4) is 0 Å². The van der Waals surface area contributed by atoms with Crippen molar-refractivity contribution in [3.05, 3.63) is 22.2 Å². The number of hydrogen-bond donors (Lipinski definition) is 0. The Morgan fingerprint density at radius 3 is 2.55 bits per heavy atom. The second-order valence-electron chi connectivity index (χ2n) is 1.44. The first kappa shape index (κ1) is 10.6. The summed E-state index contributed by atoms with van der Waals surface area (Å²) in [5, 5.41) is 8.63. The number of hydrogen-bond acceptors (Lipinski definition) is 3. The Kier molecular flexibility index (Phi) is 4.34. The first-order chi connectivity index (χ1) is 4.74. The largest absolute Gasteiger partial charge is 0.233 e. The zero-order chi connectivity index (χ0) is 7.56. The lowest BCUT2D eigenvalue weighted by Crippen LogP contribution is -1.87. The van der Waals surface area contributed by atoms with E-state index in [-0.39, 0.29) is 33.0 Å². The molecular weight excluding hydrogens is 253 g/mol. The van der Waals surface area contributed by atoms with Crippen molar-refractivity contribution in [1.82, 2.24) is 9.97 Å². The summed E-state index contributed by atoms with van der Waals surface area (Å²) in [5.74, 6) is 0.0226. The summed E-state index contributed by atoms with van der Waals surface area (Å²) in [6.07, 6.45) is 1.29. The zero-order valence-electron chi connectivity index (χ0n) is 5.08. The van der Waals surface area contributed by atoms with Gasteiger partial charge in [-0.1, -0.05) is 23.2 Å². The predicted molar refractivity (Wildman–Crippen MR) is 47.1 cm³/mol. The van der Waals surface area contributed by atoms with Gasteiger partial charge in [0, 0.05) is 0 Å². The summed E-state index contributed by atoms with van der Waals surface area (Å²) in [4.78, 5) is 7.12. The number of aromatic nitrogens is 2. The normalized spacial score (nSPS) is 8.09. The van der Waals surface area contributed by atoms with Gasteiger partial charge < -0.3 is 0 Å². The molecule has 1 aromatic rings. The van der Waals surface area contributed by atoms with Gasteiger partial charge in [-0.25, -0.2) is 9.97 Å². The van der Waals surface area contributed by atoms with Crippen LogP contribution in [-0.2, 0) is 0 Å². The van der Waals surface area contributed by atoms with Crippen LogP contribution in [0.5, 0.6) is 0 Å². The molecule has 0 aliphatic carbocycles. The van der Waals surface area contributed by atoms with Crippen LogP contribution >= 0.6 is 40.2 Å².